The van der Waals surface area contributed by atoms with E-state index in [2.05, 4.69) is 4.99 Å². The lowest BCUT2D eigenvalue weighted by molar-refractivity contribution is -0.139. The second-order valence-corrected chi connectivity index (χ2v) is 3.35. The molecule has 0 heterocycles. The van der Waals surface area contributed by atoms with Gasteiger partial charge in [0.05, 0.1) is 6.42 Å². The van der Waals surface area contributed by atoms with Crippen molar-refractivity contribution in [3.8, 4) is 5.75 Å². The van der Waals surface area contributed by atoms with Crippen LogP contribution in [-0.2, 0) is 9.59 Å². The van der Waals surface area contributed by atoms with Crippen molar-refractivity contribution in [1.29, 1.82) is 0 Å². The molecule has 90 valence electrons. The van der Waals surface area contributed by atoms with Crippen LogP contribution < -0.4 is 5.73 Å². The number of aliphatic carboxylic acids is 1. The molecule has 4 N–H and O–H groups in total. The number of carboxylic acid groups (broad SMARTS) is 1. The standard InChI is InChI=1S/C11H12N2O4/c12-11(17)8(5-10(15)16)13-6-7-3-1-2-4-9(7)14/h1-4,6,8,14H,5H2,(H2,12,17)(H,15,16). The van der Waals surface area contributed by atoms with E-state index in [1.165, 1.54) is 12.3 Å². The monoisotopic (exact) mass is 236 g/mol. The normalized spacial score (nSPS) is 12.5. The minimum Gasteiger partial charge on any atom is -0.507 e. The molecule has 0 fully saturated rings. The Hall–Kier alpha value is -2.37. The van der Waals surface area contributed by atoms with E-state index in [1.807, 2.05) is 0 Å². The first kappa shape index (κ1) is 12.7. The smallest absolute Gasteiger partial charge is 0.306 e. The lowest BCUT2D eigenvalue weighted by Gasteiger charge is -2.04. The molecule has 1 unspecified atom stereocenters. The van der Waals surface area contributed by atoms with Gasteiger partial charge in [-0.05, 0) is 12.1 Å². The molecule has 0 spiro atoms. The Morgan fingerprint density at radius 2 is 2.06 bits per heavy atom. The van der Waals surface area contributed by atoms with Crippen LogP contribution in [0.1, 0.15) is 12.0 Å². The first-order chi connectivity index (χ1) is 8.00. The molecular weight excluding hydrogens is 224 g/mol. The fraction of sp³-hybridized carbons (Fsp3) is 0.182. The van der Waals surface area contributed by atoms with Gasteiger partial charge in [0.1, 0.15) is 11.8 Å². The van der Waals surface area contributed by atoms with Crippen LogP contribution in [-0.4, -0.2) is 34.3 Å². The maximum Gasteiger partial charge on any atom is 0.306 e. The zero-order valence-corrected chi connectivity index (χ0v) is 8.91. The average Bonchev–Trinajstić information content (AvgIpc) is 2.25. The van der Waals surface area contributed by atoms with E-state index in [4.69, 9.17) is 10.8 Å². The third-order valence-corrected chi connectivity index (χ3v) is 2.03. The van der Waals surface area contributed by atoms with Gasteiger partial charge in [0, 0.05) is 11.8 Å². The number of nitrogens with zero attached hydrogens (tertiary/aromatic N) is 1. The Bertz CT molecular complexity index is 457. The summed E-state index contributed by atoms with van der Waals surface area (Å²) in [6.45, 7) is 0. The van der Waals surface area contributed by atoms with Gasteiger partial charge in [-0.25, -0.2) is 0 Å². The van der Waals surface area contributed by atoms with Crippen molar-refractivity contribution in [2.24, 2.45) is 10.7 Å². The molecule has 0 bridgehead atoms. The number of aromatic hydroxyl groups is 1. The molecular formula is C11H12N2O4. The summed E-state index contributed by atoms with van der Waals surface area (Å²) >= 11 is 0. The summed E-state index contributed by atoms with van der Waals surface area (Å²) in [5.41, 5.74) is 5.40. The highest BCUT2D eigenvalue weighted by atomic mass is 16.4. The predicted molar refractivity (Wildman–Crippen MR) is 60.9 cm³/mol. The van der Waals surface area contributed by atoms with E-state index in [-0.39, 0.29) is 5.75 Å². The summed E-state index contributed by atoms with van der Waals surface area (Å²) in [5, 5.41) is 18.0. The fourth-order valence-electron chi connectivity index (χ4n) is 1.16. The number of phenolic OH excluding ortho intramolecular Hbond substituents is 1. The highest BCUT2D eigenvalue weighted by molar-refractivity contribution is 5.89. The molecule has 1 amide bonds. The number of carboxylic acids is 1. The van der Waals surface area contributed by atoms with Crippen molar-refractivity contribution in [3.63, 3.8) is 0 Å². The number of nitrogens with two attached hydrogens (primary N) is 1. The molecule has 1 aromatic rings. The molecule has 1 atom stereocenters. The van der Waals surface area contributed by atoms with Gasteiger partial charge in [-0.1, -0.05) is 12.1 Å². The summed E-state index contributed by atoms with van der Waals surface area (Å²) in [5.74, 6) is -1.99. The molecule has 0 radical (unpaired) electrons. The Labute approximate surface area is 97.4 Å². The number of carbonyl (C=O) groups excluding carboxylic acids is 1. The maximum absolute atomic E-state index is 10.9. The van der Waals surface area contributed by atoms with Crippen molar-refractivity contribution >= 4 is 18.1 Å². The van der Waals surface area contributed by atoms with Gasteiger partial charge in [0.2, 0.25) is 5.91 Å². The van der Waals surface area contributed by atoms with Crippen LogP contribution in [0.2, 0.25) is 0 Å². The maximum atomic E-state index is 10.9. The van der Waals surface area contributed by atoms with Crippen molar-refractivity contribution in [2.75, 3.05) is 0 Å². The summed E-state index contributed by atoms with van der Waals surface area (Å²) in [6.07, 6.45) is 0.757. The van der Waals surface area contributed by atoms with Crippen LogP contribution in [0, 0.1) is 0 Å². The number of aliphatic imine (C=N–C) groups is 1. The van der Waals surface area contributed by atoms with E-state index < -0.39 is 24.3 Å². The van der Waals surface area contributed by atoms with Crippen molar-refractivity contribution < 1.29 is 19.8 Å². The van der Waals surface area contributed by atoms with Gasteiger partial charge in [-0.3, -0.25) is 14.6 Å². The number of amides is 1. The quantitative estimate of drug-likeness (QED) is 0.631. The lowest BCUT2D eigenvalue weighted by Crippen LogP contribution is -2.29. The fourth-order valence-corrected chi connectivity index (χ4v) is 1.16. The number of hydrogen-bond donors (Lipinski definition) is 3. The Morgan fingerprint density at radius 3 is 2.59 bits per heavy atom. The Morgan fingerprint density at radius 1 is 1.41 bits per heavy atom. The van der Waals surface area contributed by atoms with E-state index in [0.29, 0.717) is 5.56 Å². The first-order valence-electron chi connectivity index (χ1n) is 4.83. The summed E-state index contributed by atoms with van der Waals surface area (Å²) in [7, 11) is 0. The zero-order valence-electron chi connectivity index (χ0n) is 8.91. The van der Waals surface area contributed by atoms with E-state index in [1.54, 1.807) is 18.2 Å². The molecule has 0 aliphatic carbocycles. The second kappa shape index (κ2) is 5.64. The number of phenols is 1. The van der Waals surface area contributed by atoms with Crippen LogP contribution in [0.3, 0.4) is 0 Å². The van der Waals surface area contributed by atoms with Crippen molar-refractivity contribution in [1.82, 2.24) is 0 Å². The number of hydrogen-bond acceptors (Lipinski definition) is 4. The second-order valence-electron chi connectivity index (χ2n) is 3.35. The van der Waals surface area contributed by atoms with Crippen molar-refractivity contribution in [3.05, 3.63) is 29.8 Å². The Balaban J connectivity index is 2.83. The third-order valence-electron chi connectivity index (χ3n) is 2.03. The van der Waals surface area contributed by atoms with Crippen LogP contribution >= 0.6 is 0 Å². The van der Waals surface area contributed by atoms with E-state index in [0.717, 1.165) is 0 Å². The van der Waals surface area contributed by atoms with Gasteiger partial charge in [0.25, 0.3) is 0 Å². The predicted octanol–water partition coefficient (Wildman–Crippen LogP) is 0.140. The molecule has 6 heteroatoms. The average molecular weight is 236 g/mol. The molecule has 0 aliphatic rings. The van der Waals surface area contributed by atoms with Gasteiger partial charge >= 0.3 is 5.97 Å². The van der Waals surface area contributed by atoms with Crippen molar-refractivity contribution in [2.45, 2.75) is 12.5 Å². The highest BCUT2D eigenvalue weighted by Gasteiger charge is 2.17. The molecule has 17 heavy (non-hydrogen) atoms. The number of carbonyl (C=O) groups is 2. The van der Waals surface area contributed by atoms with Crippen LogP contribution in [0.25, 0.3) is 0 Å². The molecule has 0 aliphatic heterocycles. The number of primary amides is 1. The summed E-state index contributed by atoms with van der Waals surface area (Å²) < 4.78 is 0. The van der Waals surface area contributed by atoms with Crippen LogP contribution in [0.4, 0.5) is 0 Å². The van der Waals surface area contributed by atoms with Gasteiger partial charge in [-0.2, -0.15) is 0 Å². The first-order valence-corrected chi connectivity index (χ1v) is 4.83. The molecule has 1 rings (SSSR count). The Kier molecular flexibility index (Phi) is 4.21. The number of rotatable bonds is 5. The summed E-state index contributed by atoms with van der Waals surface area (Å²) in [6, 6.07) is 5.22. The van der Waals surface area contributed by atoms with E-state index in [9.17, 15) is 14.7 Å². The number of para-hydroxylation sites is 1. The largest absolute Gasteiger partial charge is 0.507 e. The SMILES string of the molecule is NC(=O)C(CC(=O)O)N=Cc1ccccc1O. The van der Waals surface area contributed by atoms with Gasteiger partial charge < -0.3 is 15.9 Å². The minimum atomic E-state index is -1.16. The third kappa shape index (κ3) is 3.94. The molecule has 0 aromatic heterocycles. The van der Waals surface area contributed by atoms with E-state index >= 15 is 0 Å². The van der Waals surface area contributed by atoms with Crippen LogP contribution in [0.15, 0.2) is 29.3 Å². The number of benzene rings is 1. The van der Waals surface area contributed by atoms with Gasteiger partial charge in [0.15, 0.2) is 0 Å². The molecule has 0 saturated heterocycles. The lowest BCUT2D eigenvalue weighted by atomic mass is 10.2. The zero-order chi connectivity index (χ0) is 12.8. The molecule has 1 aromatic carbocycles. The summed E-state index contributed by atoms with van der Waals surface area (Å²) in [4.78, 5) is 25.1. The van der Waals surface area contributed by atoms with Gasteiger partial charge in [-0.15, -0.1) is 0 Å². The molecule has 6 nitrogen and oxygen atoms in total. The highest BCUT2D eigenvalue weighted by Crippen LogP contribution is 2.13. The minimum absolute atomic E-state index is 0.00482. The topological polar surface area (TPSA) is 113 Å². The molecule has 0 saturated carbocycles. The van der Waals surface area contributed by atoms with Crippen LogP contribution in [0.5, 0.6) is 5.75 Å².